The van der Waals surface area contributed by atoms with Crippen molar-refractivity contribution >= 4 is 29.1 Å². The molecule has 0 bridgehead atoms. The third-order valence-corrected chi connectivity index (χ3v) is 8.47. The van der Waals surface area contributed by atoms with Crippen LogP contribution in [-0.2, 0) is 23.3 Å². The van der Waals surface area contributed by atoms with Gasteiger partial charge in [0, 0.05) is 28.0 Å². The fourth-order valence-corrected chi connectivity index (χ4v) is 6.19. The van der Waals surface area contributed by atoms with Crippen LogP contribution in [-0.4, -0.2) is 32.8 Å². The standard InChI is InChI=1S/C30H24F3N3O5S2/c1-17-13-21(11-12-24(17)40-15-27(37)38)42-16-26-23(35-29(43-26)19-7-9-20(10-8-19)30(31,32)33)14-39-25-6-4-3-5-22(25)28-34-18(2)41-36-28/h3-13H,14-16H2,1-2H3,(H,37,38). The van der Waals surface area contributed by atoms with Crippen LogP contribution in [0.4, 0.5) is 13.2 Å². The number of hydrogen-bond acceptors (Lipinski definition) is 9. The highest BCUT2D eigenvalue weighted by Crippen LogP contribution is 2.37. The lowest BCUT2D eigenvalue weighted by atomic mass is 10.1. The number of rotatable bonds is 11. The van der Waals surface area contributed by atoms with Crippen molar-refractivity contribution in [3.8, 4) is 33.5 Å². The van der Waals surface area contributed by atoms with Gasteiger partial charge in [-0.1, -0.05) is 29.4 Å². The number of alkyl halides is 3. The number of aromatic nitrogens is 3. The minimum absolute atomic E-state index is 0.0991. The van der Waals surface area contributed by atoms with Crippen LogP contribution in [0.15, 0.2) is 76.1 Å². The quantitative estimate of drug-likeness (QED) is 0.147. The van der Waals surface area contributed by atoms with Crippen LogP contribution >= 0.6 is 23.1 Å². The second kappa shape index (κ2) is 12.9. The maximum atomic E-state index is 13.1. The number of carboxylic acid groups (broad SMARTS) is 1. The monoisotopic (exact) mass is 627 g/mol. The minimum Gasteiger partial charge on any atom is -0.486 e. The average Bonchev–Trinajstić information content (AvgIpc) is 3.60. The first kappa shape index (κ1) is 30.1. The van der Waals surface area contributed by atoms with Crippen molar-refractivity contribution in [3.63, 3.8) is 0 Å². The molecule has 0 aliphatic carbocycles. The molecule has 0 saturated carbocycles. The van der Waals surface area contributed by atoms with E-state index in [2.05, 4.69) is 10.1 Å². The van der Waals surface area contributed by atoms with E-state index in [0.717, 1.165) is 27.5 Å². The molecule has 0 fully saturated rings. The Bertz CT molecular complexity index is 1740. The number of benzene rings is 3. The summed E-state index contributed by atoms with van der Waals surface area (Å²) in [4.78, 5) is 21.7. The van der Waals surface area contributed by atoms with E-state index >= 15 is 0 Å². The molecular formula is C30H24F3N3O5S2. The van der Waals surface area contributed by atoms with Gasteiger partial charge in [0.25, 0.3) is 0 Å². The van der Waals surface area contributed by atoms with E-state index in [0.29, 0.717) is 50.8 Å². The van der Waals surface area contributed by atoms with Crippen LogP contribution in [0.1, 0.15) is 27.6 Å². The summed E-state index contributed by atoms with van der Waals surface area (Å²) < 4.78 is 56.0. The Morgan fingerprint density at radius 3 is 2.44 bits per heavy atom. The molecule has 0 aliphatic rings. The zero-order valence-electron chi connectivity index (χ0n) is 22.8. The molecule has 1 N–H and O–H groups in total. The molecule has 2 aromatic heterocycles. The lowest BCUT2D eigenvalue weighted by Crippen LogP contribution is -2.09. The predicted octanol–water partition coefficient (Wildman–Crippen LogP) is 7.83. The average molecular weight is 628 g/mol. The summed E-state index contributed by atoms with van der Waals surface area (Å²) in [6.07, 6.45) is -4.43. The van der Waals surface area contributed by atoms with Crippen LogP contribution in [0.2, 0.25) is 0 Å². The lowest BCUT2D eigenvalue weighted by Gasteiger charge is -2.10. The predicted molar refractivity (Wildman–Crippen MR) is 155 cm³/mol. The third kappa shape index (κ3) is 7.54. The summed E-state index contributed by atoms with van der Waals surface area (Å²) in [6.45, 7) is 3.19. The SMILES string of the molecule is Cc1nc(-c2ccccc2OCc2nc(-c3ccc(C(F)(F)F)cc3)sc2CSc2ccc(OCC(=O)O)c(C)c2)no1. The number of thioether (sulfide) groups is 1. The van der Waals surface area contributed by atoms with Crippen molar-refractivity contribution in [1.29, 1.82) is 0 Å². The highest BCUT2D eigenvalue weighted by Gasteiger charge is 2.30. The summed E-state index contributed by atoms with van der Waals surface area (Å²) in [5.74, 6) is 1.27. The summed E-state index contributed by atoms with van der Waals surface area (Å²) in [6, 6.07) is 17.6. The first-order chi connectivity index (χ1) is 20.6. The molecule has 222 valence electrons. The Morgan fingerprint density at radius 2 is 1.77 bits per heavy atom. The van der Waals surface area contributed by atoms with Crippen molar-refractivity contribution in [2.24, 2.45) is 0 Å². The number of carboxylic acids is 1. The lowest BCUT2D eigenvalue weighted by molar-refractivity contribution is -0.139. The molecule has 0 atom stereocenters. The van der Waals surface area contributed by atoms with Crippen molar-refractivity contribution < 1.29 is 37.1 Å². The van der Waals surface area contributed by atoms with Gasteiger partial charge in [-0.15, -0.1) is 23.1 Å². The van der Waals surface area contributed by atoms with Gasteiger partial charge in [0.2, 0.25) is 11.7 Å². The summed E-state index contributed by atoms with van der Waals surface area (Å²) in [5, 5.41) is 13.4. The fourth-order valence-electron chi connectivity index (χ4n) is 4.03. The van der Waals surface area contributed by atoms with Gasteiger partial charge >= 0.3 is 12.1 Å². The van der Waals surface area contributed by atoms with Crippen molar-refractivity contribution in [1.82, 2.24) is 15.1 Å². The van der Waals surface area contributed by atoms with Crippen LogP contribution in [0, 0.1) is 13.8 Å². The molecule has 3 aromatic carbocycles. The minimum atomic E-state index is -4.43. The fraction of sp³-hybridized carbons (Fsp3) is 0.200. The van der Waals surface area contributed by atoms with Gasteiger partial charge in [-0.2, -0.15) is 18.2 Å². The number of halogens is 3. The Kier molecular flexibility index (Phi) is 9.02. The molecule has 0 unspecified atom stereocenters. The Balaban J connectivity index is 1.39. The number of aliphatic carboxylic acids is 1. The zero-order valence-corrected chi connectivity index (χ0v) is 24.5. The smallest absolute Gasteiger partial charge is 0.416 e. The number of nitrogens with zero attached hydrogens (tertiary/aromatic N) is 3. The normalized spacial score (nSPS) is 11.5. The van der Waals surface area contributed by atoms with Gasteiger partial charge in [-0.3, -0.25) is 0 Å². The third-order valence-electron chi connectivity index (χ3n) is 6.12. The molecule has 43 heavy (non-hydrogen) atoms. The molecule has 13 heteroatoms. The molecule has 0 radical (unpaired) electrons. The highest BCUT2D eigenvalue weighted by molar-refractivity contribution is 7.98. The van der Waals surface area contributed by atoms with E-state index in [1.165, 1.54) is 35.2 Å². The number of ether oxygens (including phenoxy) is 2. The van der Waals surface area contributed by atoms with E-state index in [9.17, 15) is 18.0 Å². The number of para-hydroxylation sites is 1. The maximum absolute atomic E-state index is 13.1. The van der Waals surface area contributed by atoms with E-state index < -0.39 is 24.3 Å². The zero-order chi connectivity index (χ0) is 30.6. The molecule has 0 saturated heterocycles. The molecule has 2 heterocycles. The number of aryl methyl sites for hydroxylation is 2. The van der Waals surface area contributed by atoms with Gasteiger partial charge in [0.05, 0.1) is 16.8 Å². The van der Waals surface area contributed by atoms with Gasteiger partial charge < -0.3 is 19.1 Å². The van der Waals surface area contributed by atoms with Crippen LogP contribution in [0.3, 0.4) is 0 Å². The molecule has 5 rings (SSSR count). The topological polar surface area (TPSA) is 108 Å². The van der Waals surface area contributed by atoms with Crippen molar-refractivity contribution in [2.45, 2.75) is 37.3 Å². The Hall–Kier alpha value is -4.36. The number of hydrogen-bond donors (Lipinski definition) is 1. The Morgan fingerprint density at radius 1 is 1.00 bits per heavy atom. The molecular weight excluding hydrogens is 603 g/mol. The van der Waals surface area contributed by atoms with Gasteiger partial charge in [-0.05, 0) is 55.0 Å². The van der Waals surface area contributed by atoms with Gasteiger partial charge in [-0.25, -0.2) is 9.78 Å². The van der Waals surface area contributed by atoms with Crippen molar-refractivity contribution in [2.75, 3.05) is 6.61 Å². The Labute approximate surface area is 252 Å². The van der Waals surface area contributed by atoms with Crippen LogP contribution in [0.5, 0.6) is 11.5 Å². The van der Waals surface area contributed by atoms with Crippen molar-refractivity contribution in [3.05, 3.63) is 94.3 Å². The van der Waals surface area contributed by atoms with Gasteiger partial charge in [0.1, 0.15) is 23.1 Å². The van der Waals surface area contributed by atoms with Crippen LogP contribution in [0.25, 0.3) is 22.0 Å². The molecule has 8 nitrogen and oxygen atoms in total. The van der Waals surface area contributed by atoms with E-state index in [4.69, 9.17) is 24.1 Å². The summed E-state index contributed by atoms with van der Waals surface area (Å²) in [5.41, 5.74) is 1.91. The number of thiazole rings is 1. The van der Waals surface area contributed by atoms with E-state index in [1.807, 2.05) is 37.3 Å². The van der Waals surface area contributed by atoms with Crippen LogP contribution < -0.4 is 9.47 Å². The maximum Gasteiger partial charge on any atom is 0.416 e. The molecule has 0 amide bonds. The second-order valence-electron chi connectivity index (χ2n) is 9.28. The van der Waals surface area contributed by atoms with E-state index in [1.54, 1.807) is 19.1 Å². The molecule has 0 spiro atoms. The largest absolute Gasteiger partial charge is 0.486 e. The highest BCUT2D eigenvalue weighted by atomic mass is 32.2. The molecule has 0 aliphatic heterocycles. The second-order valence-corrected chi connectivity index (χ2v) is 11.4. The summed E-state index contributed by atoms with van der Waals surface area (Å²) >= 11 is 2.92. The summed E-state index contributed by atoms with van der Waals surface area (Å²) in [7, 11) is 0. The molecule has 5 aromatic rings. The number of carbonyl (C=O) groups is 1. The first-order valence-corrected chi connectivity index (χ1v) is 14.6. The first-order valence-electron chi connectivity index (χ1n) is 12.8. The van der Waals surface area contributed by atoms with E-state index in [-0.39, 0.29) is 6.61 Å². The van der Waals surface area contributed by atoms with Gasteiger partial charge in [0.15, 0.2) is 6.61 Å².